The maximum absolute atomic E-state index is 14.3. The zero-order valence-corrected chi connectivity index (χ0v) is 18.3. The first-order valence-electron chi connectivity index (χ1n) is 10.8. The van der Waals surface area contributed by atoms with Gasteiger partial charge in [-0.1, -0.05) is 30.3 Å². The van der Waals surface area contributed by atoms with Crippen LogP contribution in [0.2, 0.25) is 0 Å². The number of carbonyl (C=O) groups is 3. The highest BCUT2D eigenvalue weighted by molar-refractivity contribution is 6.50. The molecule has 2 aromatic carbocycles. The first-order valence-corrected chi connectivity index (χ1v) is 10.8. The van der Waals surface area contributed by atoms with E-state index in [4.69, 9.17) is 4.74 Å². The summed E-state index contributed by atoms with van der Waals surface area (Å²) >= 11 is 0. The molecule has 5 rings (SSSR count). The fourth-order valence-corrected chi connectivity index (χ4v) is 5.10. The zero-order valence-electron chi connectivity index (χ0n) is 18.3. The molecule has 2 saturated heterocycles. The number of ketones is 1. The third-order valence-corrected chi connectivity index (χ3v) is 6.79. The van der Waals surface area contributed by atoms with Gasteiger partial charge in [-0.3, -0.25) is 14.4 Å². The summed E-state index contributed by atoms with van der Waals surface area (Å²) in [5.74, 6) is -3.56. The lowest BCUT2D eigenvalue weighted by Crippen LogP contribution is -2.53. The van der Waals surface area contributed by atoms with E-state index >= 15 is 0 Å². The SMILES string of the molecule is Cc1ccc(/C(O)=C2\C(=O)C(=O)N(CC3CCCO3)C23C(=O)N(C)c2ccccc23)cc1F. The molecule has 0 aliphatic carbocycles. The van der Waals surface area contributed by atoms with Gasteiger partial charge in [-0.05, 0) is 37.5 Å². The Morgan fingerprint density at radius 2 is 1.97 bits per heavy atom. The predicted octanol–water partition coefficient (Wildman–Crippen LogP) is 2.87. The van der Waals surface area contributed by atoms with Crippen molar-refractivity contribution in [2.75, 3.05) is 25.1 Å². The molecule has 2 unspecified atom stereocenters. The van der Waals surface area contributed by atoms with Crippen LogP contribution in [0, 0.1) is 12.7 Å². The number of amides is 2. The number of halogens is 1. The first kappa shape index (κ1) is 21.3. The van der Waals surface area contributed by atoms with Crippen LogP contribution < -0.4 is 4.90 Å². The summed E-state index contributed by atoms with van der Waals surface area (Å²) in [4.78, 5) is 43.1. The molecule has 0 bridgehead atoms. The summed E-state index contributed by atoms with van der Waals surface area (Å²) in [6.07, 6.45) is 1.17. The molecule has 1 N–H and O–H groups in total. The van der Waals surface area contributed by atoms with Crippen molar-refractivity contribution in [3.8, 4) is 0 Å². The number of aliphatic hydroxyl groups is 1. The number of likely N-dealkylation sites (N-methyl/N-ethyl adjacent to an activating group) is 1. The minimum Gasteiger partial charge on any atom is -0.507 e. The zero-order chi connectivity index (χ0) is 23.5. The number of hydrogen-bond donors (Lipinski definition) is 1. The summed E-state index contributed by atoms with van der Waals surface area (Å²) in [7, 11) is 1.56. The Balaban J connectivity index is 1.79. The van der Waals surface area contributed by atoms with Gasteiger partial charge in [-0.25, -0.2) is 4.39 Å². The molecule has 3 aliphatic rings. The maximum Gasteiger partial charge on any atom is 0.296 e. The van der Waals surface area contributed by atoms with Crippen molar-refractivity contribution in [1.82, 2.24) is 4.90 Å². The maximum atomic E-state index is 14.3. The second-order valence-electron chi connectivity index (χ2n) is 8.66. The van der Waals surface area contributed by atoms with Gasteiger partial charge in [-0.2, -0.15) is 0 Å². The minimum atomic E-state index is -1.85. The van der Waals surface area contributed by atoms with Gasteiger partial charge in [0.1, 0.15) is 11.6 Å². The number of Topliss-reactive ketones (excluding diaryl/α,β-unsaturated/α-hetero) is 1. The molecule has 3 heterocycles. The molecule has 3 aliphatic heterocycles. The first-order chi connectivity index (χ1) is 15.8. The van der Waals surface area contributed by atoms with E-state index in [1.165, 1.54) is 21.9 Å². The van der Waals surface area contributed by atoms with E-state index < -0.39 is 34.7 Å². The largest absolute Gasteiger partial charge is 0.507 e. The van der Waals surface area contributed by atoms with Crippen molar-refractivity contribution in [1.29, 1.82) is 0 Å². The molecule has 2 fully saturated rings. The number of likely N-dealkylation sites (tertiary alicyclic amines) is 1. The van der Waals surface area contributed by atoms with Crippen LogP contribution in [-0.4, -0.2) is 53.9 Å². The summed E-state index contributed by atoms with van der Waals surface area (Å²) in [6, 6.07) is 10.9. The van der Waals surface area contributed by atoms with E-state index in [-0.39, 0.29) is 23.8 Å². The van der Waals surface area contributed by atoms with Crippen LogP contribution in [0.5, 0.6) is 0 Å². The quantitative estimate of drug-likeness (QED) is 0.442. The van der Waals surface area contributed by atoms with Crippen LogP contribution in [0.3, 0.4) is 0 Å². The number of rotatable bonds is 3. The fraction of sp³-hybridized carbons (Fsp3) is 0.320. The van der Waals surface area contributed by atoms with E-state index in [9.17, 15) is 23.9 Å². The monoisotopic (exact) mass is 450 g/mol. The number of ether oxygens (including phenoxy) is 1. The van der Waals surface area contributed by atoms with Crippen molar-refractivity contribution in [2.45, 2.75) is 31.4 Å². The molecule has 0 radical (unpaired) electrons. The summed E-state index contributed by atoms with van der Waals surface area (Å²) in [5, 5.41) is 11.3. The van der Waals surface area contributed by atoms with Crippen LogP contribution >= 0.6 is 0 Å². The Hall–Kier alpha value is -3.52. The normalized spacial score (nSPS) is 26.0. The minimum absolute atomic E-state index is 0.0208. The van der Waals surface area contributed by atoms with E-state index in [2.05, 4.69) is 0 Å². The van der Waals surface area contributed by atoms with E-state index in [1.807, 2.05) is 0 Å². The molecule has 8 heteroatoms. The van der Waals surface area contributed by atoms with Gasteiger partial charge < -0.3 is 19.6 Å². The van der Waals surface area contributed by atoms with Crippen LogP contribution in [0.15, 0.2) is 48.0 Å². The highest BCUT2D eigenvalue weighted by Gasteiger charge is 2.67. The van der Waals surface area contributed by atoms with Crippen LogP contribution in [0.1, 0.15) is 29.5 Å². The van der Waals surface area contributed by atoms with Gasteiger partial charge in [0.25, 0.3) is 17.6 Å². The van der Waals surface area contributed by atoms with Gasteiger partial charge in [0.05, 0.1) is 11.7 Å². The lowest BCUT2D eigenvalue weighted by atomic mass is 9.81. The summed E-state index contributed by atoms with van der Waals surface area (Å²) < 4.78 is 20.0. The molecule has 7 nitrogen and oxygen atoms in total. The third-order valence-electron chi connectivity index (χ3n) is 6.79. The number of fused-ring (bicyclic) bond motifs is 2. The Morgan fingerprint density at radius 3 is 2.67 bits per heavy atom. The Morgan fingerprint density at radius 1 is 1.21 bits per heavy atom. The summed E-state index contributed by atoms with van der Waals surface area (Å²) in [5.41, 5.74) is -0.867. The van der Waals surface area contributed by atoms with Gasteiger partial charge in [0.2, 0.25) is 0 Å². The molecule has 1 spiro atoms. The summed E-state index contributed by atoms with van der Waals surface area (Å²) in [6.45, 7) is 2.14. The van der Waals surface area contributed by atoms with Crippen molar-refractivity contribution >= 4 is 29.0 Å². The fourth-order valence-electron chi connectivity index (χ4n) is 5.10. The second-order valence-corrected chi connectivity index (χ2v) is 8.66. The predicted molar refractivity (Wildman–Crippen MR) is 118 cm³/mol. The topological polar surface area (TPSA) is 87.1 Å². The van der Waals surface area contributed by atoms with Crippen LogP contribution in [0.4, 0.5) is 10.1 Å². The number of benzene rings is 2. The van der Waals surface area contributed by atoms with E-state index in [0.29, 0.717) is 29.8 Å². The number of hydrogen-bond acceptors (Lipinski definition) is 5. The molecule has 2 atom stereocenters. The van der Waals surface area contributed by atoms with E-state index in [0.717, 1.165) is 12.5 Å². The second kappa shape index (κ2) is 7.52. The Labute approximate surface area is 190 Å². The molecule has 0 aromatic heterocycles. The van der Waals surface area contributed by atoms with E-state index in [1.54, 1.807) is 38.2 Å². The average molecular weight is 450 g/mol. The number of anilines is 1. The van der Waals surface area contributed by atoms with Crippen LogP contribution in [-0.2, 0) is 24.7 Å². The molecule has 2 amide bonds. The lowest BCUT2D eigenvalue weighted by molar-refractivity contribution is -0.145. The smallest absolute Gasteiger partial charge is 0.296 e. The number of carbonyl (C=O) groups excluding carboxylic acids is 3. The highest BCUT2D eigenvalue weighted by atomic mass is 19.1. The van der Waals surface area contributed by atoms with Crippen LogP contribution in [0.25, 0.3) is 5.76 Å². The molecule has 0 saturated carbocycles. The lowest BCUT2D eigenvalue weighted by Gasteiger charge is -2.35. The van der Waals surface area contributed by atoms with Crippen molar-refractivity contribution in [3.63, 3.8) is 0 Å². The van der Waals surface area contributed by atoms with Gasteiger partial charge in [0.15, 0.2) is 5.54 Å². The number of nitrogens with zero attached hydrogens (tertiary/aromatic N) is 2. The molecule has 2 aromatic rings. The van der Waals surface area contributed by atoms with Crippen molar-refractivity contribution < 1.29 is 28.6 Å². The number of aliphatic hydroxyl groups excluding tert-OH is 1. The molecule has 170 valence electrons. The molecule has 33 heavy (non-hydrogen) atoms. The number of para-hydroxylation sites is 1. The van der Waals surface area contributed by atoms with Gasteiger partial charge in [-0.15, -0.1) is 0 Å². The average Bonchev–Trinajstić information content (AvgIpc) is 3.46. The molecular weight excluding hydrogens is 427 g/mol. The number of aryl methyl sites for hydroxylation is 1. The molecular formula is C25H23FN2O5. The Kier molecular flexibility index (Phi) is 4.86. The third kappa shape index (κ3) is 2.87. The highest BCUT2D eigenvalue weighted by Crippen LogP contribution is 2.53. The van der Waals surface area contributed by atoms with Crippen molar-refractivity contribution in [2.24, 2.45) is 0 Å². The Bertz CT molecular complexity index is 1230. The van der Waals surface area contributed by atoms with Crippen molar-refractivity contribution in [3.05, 3.63) is 70.5 Å². The standard InChI is InChI=1S/C25H23FN2O5/c1-14-9-10-15(12-18(14)26)21(29)20-22(30)23(31)28(13-16-6-5-11-33-16)25(20)17-7-3-4-8-19(17)27(2)24(25)32/h3-4,7-10,12,16,29H,5-6,11,13H2,1-2H3/b21-20-. The van der Waals surface area contributed by atoms with Gasteiger partial charge in [0, 0.05) is 37.0 Å². The van der Waals surface area contributed by atoms with Gasteiger partial charge >= 0.3 is 0 Å².